The van der Waals surface area contributed by atoms with E-state index in [9.17, 15) is 5.11 Å². The summed E-state index contributed by atoms with van der Waals surface area (Å²) in [6, 6.07) is 18.9. The molecule has 3 rings (SSSR count). The smallest absolute Gasteiger partial charge is 0.127 e. The van der Waals surface area contributed by atoms with Gasteiger partial charge in [0.1, 0.15) is 18.5 Å². The van der Waals surface area contributed by atoms with E-state index in [-0.39, 0.29) is 0 Å². The van der Waals surface area contributed by atoms with Gasteiger partial charge in [-0.2, -0.15) is 0 Å². The van der Waals surface area contributed by atoms with Crippen LogP contribution in [-0.2, 0) is 0 Å². The number of hydrogen-bond acceptors (Lipinski definition) is 3. The first-order valence-electron chi connectivity index (χ1n) is 9.97. The third-order valence-electron chi connectivity index (χ3n) is 5.35. The SMILES string of the molecule is CCN(C[C@H](O)COc1ccccc1-c1ccccc1)C1CCCCC1. The molecule has 1 aliphatic carbocycles. The molecule has 0 saturated heterocycles. The Kier molecular flexibility index (Phi) is 7.10. The maximum absolute atomic E-state index is 10.5. The molecule has 26 heavy (non-hydrogen) atoms. The molecule has 3 heteroatoms. The van der Waals surface area contributed by atoms with Crippen molar-refractivity contribution < 1.29 is 9.84 Å². The maximum atomic E-state index is 10.5. The molecule has 1 fully saturated rings. The van der Waals surface area contributed by atoms with E-state index in [1.165, 1.54) is 32.1 Å². The monoisotopic (exact) mass is 353 g/mol. The molecular formula is C23H31NO2. The van der Waals surface area contributed by atoms with Gasteiger partial charge < -0.3 is 9.84 Å². The van der Waals surface area contributed by atoms with Crippen LogP contribution in [0.2, 0.25) is 0 Å². The summed E-state index contributed by atoms with van der Waals surface area (Å²) in [4.78, 5) is 2.43. The molecule has 0 amide bonds. The van der Waals surface area contributed by atoms with Gasteiger partial charge in [0, 0.05) is 18.2 Å². The standard InChI is InChI=1S/C23H31NO2/c1-2-24(20-13-7-4-8-14-20)17-21(25)18-26-23-16-10-9-15-22(23)19-11-5-3-6-12-19/h3,5-6,9-12,15-16,20-21,25H,2,4,7-8,13-14,17-18H2,1H3/t21-/m0/s1. The van der Waals surface area contributed by atoms with Crippen LogP contribution < -0.4 is 4.74 Å². The minimum Gasteiger partial charge on any atom is -0.490 e. The topological polar surface area (TPSA) is 32.7 Å². The van der Waals surface area contributed by atoms with E-state index in [1.54, 1.807) is 0 Å². The molecule has 0 heterocycles. The molecule has 0 bridgehead atoms. The Morgan fingerprint density at radius 2 is 1.69 bits per heavy atom. The molecule has 2 aromatic rings. The van der Waals surface area contributed by atoms with E-state index in [2.05, 4.69) is 30.0 Å². The summed E-state index contributed by atoms with van der Waals surface area (Å²) >= 11 is 0. The van der Waals surface area contributed by atoms with Gasteiger partial charge in [-0.3, -0.25) is 4.90 Å². The van der Waals surface area contributed by atoms with Crippen molar-refractivity contribution in [3.8, 4) is 16.9 Å². The third kappa shape index (κ3) is 5.09. The number of ether oxygens (including phenoxy) is 1. The van der Waals surface area contributed by atoms with Crippen LogP contribution >= 0.6 is 0 Å². The fraction of sp³-hybridized carbons (Fsp3) is 0.478. The van der Waals surface area contributed by atoms with E-state index >= 15 is 0 Å². The van der Waals surface area contributed by atoms with Crippen molar-refractivity contribution in [1.29, 1.82) is 0 Å². The van der Waals surface area contributed by atoms with Gasteiger partial charge in [-0.15, -0.1) is 0 Å². The second-order valence-corrected chi connectivity index (χ2v) is 7.21. The van der Waals surface area contributed by atoms with Crippen LogP contribution in [0.25, 0.3) is 11.1 Å². The lowest BCUT2D eigenvalue weighted by molar-refractivity contribution is 0.0465. The zero-order valence-corrected chi connectivity index (χ0v) is 15.8. The molecule has 0 aromatic heterocycles. The van der Waals surface area contributed by atoms with Crippen molar-refractivity contribution in [2.24, 2.45) is 0 Å². The molecule has 140 valence electrons. The number of aliphatic hydroxyl groups excluding tert-OH is 1. The highest BCUT2D eigenvalue weighted by Gasteiger charge is 2.22. The number of para-hydroxylation sites is 1. The lowest BCUT2D eigenvalue weighted by atomic mass is 9.94. The Morgan fingerprint density at radius 1 is 1.00 bits per heavy atom. The summed E-state index contributed by atoms with van der Waals surface area (Å²) in [7, 11) is 0. The van der Waals surface area contributed by atoms with Crippen molar-refractivity contribution in [2.45, 2.75) is 51.2 Å². The van der Waals surface area contributed by atoms with E-state index in [4.69, 9.17) is 4.74 Å². The van der Waals surface area contributed by atoms with Crippen LogP contribution in [0.4, 0.5) is 0 Å². The van der Waals surface area contributed by atoms with Crippen LogP contribution in [0.3, 0.4) is 0 Å². The van der Waals surface area contributed by atoms with Crippen LogP contribution in [0.1, 0.15) is 39.0 Å². The summed E-state index contributed by atoms with van der Waals surface area (Å²) in [5.74, 6) is 0.832. The zero-order chi connectivity index (χ0) is 18.2. The third-order valence-corrected chi connectivity index (χ3v) is 5.35. The van der Waals surface area contributed by atoms with Crippen molar-refractivity contribution in [1.82, 2.24) is 4.90 Å². The minimum absolute atomic E-state index is 0.326. The number of nitrogens with zero attached hydrogens (tertiary/aromatic N) is 1. The Labute approximate surface area is 157 Å². The number of hydrogen-bond donors (Lipinski definition) is 1. The molecule has 0 spiro atoms. The Balaban J connectivity index is 1.58. The van der Waals surface area contributed by atoms with E-state index in [1.807, 2.05) is 36.4 Å². The van der Waals surface area contributed by atoms with Crippen molar-refractivity contribution in [3.05, 3.63) is 54.6 Å². The summed E-state index contributed by atoms with van der Waals surface area (Å²) < 4.78 is 6.01. The number of rotatable bonds is 8. The average molecular weight is 354 g/mol. The van der Waals surface area contributed by atoms with Gasteiger partial charge in [0.25, 0.3) is 0 Å². The second kappa shape index (κ2) is 9.75. The highest BCUT2D eigenvalue weighted by molar-refractivity contribution is 5.70. The van der Waals surface area contributed by atoms with E-state index in [0.29, 0.717) is 19.2 Å². The predicted octanol–water partition coefficient (Wildman–Crippen LogP) is 4.75. The van der Waals surface area contributed by atoms with Crippen LogP contribution in [0, 0.1) is 0 Å². The maximum Gasteiger partial charge on any atom is 0.127 e. The highest BCUT2D eigenvalue weighted by Crippen LogP contribution is 2.29. The summed E-state index contributed by atoms with van der Waals surface area (Å²) in [5.41, 5.74) is 2.20. The normalized spacial score (nSPS) is 16.6. The van der Waals surface area contributed by atoms with Crippen LogP contribution in [-0.4, -0.2) is 41.8 Å². The molecule has 0 unspecified atom stereocenters. The molecule has 0 aliphatic heterocycles. The lowest BCUT2D eigenvalue weighted by Gasteiger charge is -2.34. The molecule has 1 atom stereocenters. The second-order valence-electron chi connectivity index (χ2n) is 7.21. The van der Waals surface area contributed by atoms with Crippen LogP contribution in [0.15, 0.2) is 54.6 Å². The first-order chi connectivity index (χ1) is 12.8. The van der Waals surface area contributed by atoms with E-state index in [0.717, 1.165) is 23.4 Å². The summed E-state index contributed by atoms with van der Waals surface area (Å²) in [6.07, 6.45) is 6.05. The van der Waals surface area contributed by atoms with Crippen molar-refractivity contribution in [3.63, 3.8) is 0 Å². The molecule has 3 nitrogen and oxygen atoms in total. The molecular weight excluding hydrogens is 322 g/mol. The molecule has 0 radical (unpaired) electrons. The zero-order valence-electron chi connectivity index (χ0n) is 15.8. The average Bonchev–Trinajstić information content (AvgIpc) is 2.72. The highest BCUT2D eigenvalue weighted by atomic mass is 16.5. The first kappa shape index (κ1) is 18.9. The predicted molar refractivity (Wildman–Crippen MR) is 107 cm³/mol. The van der Waals surface area contributed by atoms with Gasteiger partial charge in [-0.1, -0.05) is 74.7 Å². The molecule has 1 saturated carbocycles. The number of aliphatic hydroxyl groups is 1. The number of benzene rings is 2. The Hall–Kier alpha value is -1.84. The van der Waals surface area contributed by atoms with Gasteiger partial charge in [-0.05, 0) is 31.0 Å². The van der Waals surface area contributed by atoms with Gasteiger partial charge in [0.05, 0.1) is 0 Å². The van der Waals surface area contributed by atoms with E-state index < -0.39 is 6.10 Å². The quantitative estimate of drug-likeness (QED) is 0.743. The van der Waals surface area contributed by atoms with Crippen LogP contribution in [0.5, 0.6) is 5.75 Å². The van der Waals surface area contributed by atoms with Gasteiger partial charge in [0.15, 0.2) is 0 Å². The van der Waals surface area contributed by atoms with Crippen molar-refractivity contribution in [2.75, 3.05) is 19.7 Å². The lowest BCUT2D eigenvalue weighted by Crippen LogP contribution is -2.43. The summed E-state index contributed by atoms with van der Waals surface area (Å²) in [5, 5.41) is 10.5. The fourth-order valence-electron chi connectivity index (χ4n) is 3.94. The summed E-state index contributed by atoms with van der Waals surface area (Å²) in [6.45, 7) is 4.19. The fourth-order valence-corrected chi connectivity index (χ4v) is 3.94. The number of likely N-dealkylation sites (N-methyl/N-ethyl adjacent to an activating group) is 1. The van der Waals surface area contributed by atoms with Gasteiger partial charge >= 0.3 is 0 Å². The molecule has 1 aliphatic rings. The first-order valence-corrected chi connectivity index (χ1v) is 9.97. The molecule has 2 aromatic carbocycles. The minimum atomic E-state index is -0.472. The largest absolute Gasteiger partial charge is 0.490 e. The van der Waals surface area contributed by atoms with Crippen molar-refractivity contribution >= 4 is 0 Å². The van der Waals surface area contributed by atoms with Gasteiger partial charge in [0.2, 0.25) is 0 Å². The Morgan fingerprint density at radius 3 is 2.42 bits per heavy atom. The Bertz CT molecular complexity index is 652. The van der Waals surface area contributed by atoms with Gasteiger partial charge in [-0.25, -0.2) is 0 Å². The molecule has 1 N–H and O–H groups in total.